The first kappa shape index (κ1) is 18.9. The summed E-state index contributed by atoms with van der Waals surface area (Å²) < 4.78 is 41.4. The fourth-order valence-corrected chi connectivity index (χ4v) is 2.98. The maximum absolute atomic E-state index is 14.1. The van der Waals surface area contributed by atoms with Crippen molar-refractivity contribution in [3.63, 3.8) is 0 Å². The van der Waals surface area contributed by atoms with Gasteiger partial charge in [-0.1, -0.05) is 12.1 Å². The molecule has 2 amide bonds. The largest absolute Gasteiger partial charge is 0.339 e. The molecule has 1 saturated heterocycles. The second-order valence-corrected chi connectivity index (χ2v) is 6.38. The average Bonchev–Trinajstić information content (AvgIpc) is 2.67. The molecule has 2 aromatic rings. The lowest BCUT2D eigenvalue weighted by molar-refractivity contribution is -0.000860. The van der Waals surface area contributed by atoms with Gasteiger partial charge in [0.05, 0.1) is 6.54 Å². The van der Waals surface area contributed by atoms with E-state index in [2.05, 4.69) is 20.6 Å². The molecular formula is C18H20F3N5O. The van der Waals surface area contributed by atoms with Crippen LogP contribution >= 0.6 is 0 Å². The summed E-state index contributed by atoms with van der Waals surface area (Å²) in [5.74, 6) is -3.54. The van der Waals surface area contributed by atoms with E-state index in [1.807, 2.05) is 4.90 Å². The zero-order valence-electron chi connectivity index (χ0n) is 14.5. The topological polar surface area (TPSA) is 70.2 Å². The van der Waals surface area contributed by atoms with Gasteiger partial charge in [0.25, 0.3) is 5.92 Å². The molecule has 6 nitrogen and oxygen atoms in total. The van der Waals surface area contributed by atoms with Gasteiger partial charge in [-0.3, -0.25) is 0 Å². The van der Waals surface area contributed by atoms with Crippen LogP contribution in [0.25, 0.3) is 0 Å². The van der Waals surface area contributed by atoms with Crippen LogP contribution in [0.4, 0.5) is 23.9 Å². The number of urea groups is 1. The number of carbonyl (C=O) groups is 1. The van der Waals surface area contributed by atoms with Gasteiger partial charge in [0.15, 0.2) is 0 Å². The molecule has 2 N–H and O–H groups in total. The molecule has 0 bridgehead atoms. The van der Waals surface area contributed by atoms with E-state index in [1.54, 1.807) is 18.5 Å². The van der Waals surface area contributed by atoms with Crippen molar-refractivity contribution >= 4 is 12.0 Å². The molecule has 1 atom stereocenters. The van der Waals surface area contributed by atoms with Gasteiger partial charge in [-0.2, -0.15) is 8.78 Å². The summed E-state index contributed by atoms with van der Waals surface area (Å²) in [7, 11) is 0. The molecule has 0 radical (unpaired) electrons. The van der Waals surface area contributed by atoms with Crippen LogP contribution in [-0.2, 0) is 5.92 Å². The number of halogens is 3. The highest BCUT2D eigenvalue weighted by molar-refractivity contribution is 5.74. The molecule has 3 rings (SSSR count). The fraction of sp³-hybridized carbons (Fsp3) is 0.389. The van der Waals surface area contributed by atoms with Crippen LogP contribution in [0.3, 0.4) is 0 Å². The Labute approximate surface area is 154 Å². The van der Waals surface area contributed by atoms with E-state index in [9.17, 15) is 18.0 Å². The van der Waals surface area contributed by atoms with Gasteiger partial charge in [0.1, 0.15) is 5.82 Å². The minimum absolute atomic E-state index is 0.203. The van der Waals surface area contributed by atoms with Gasteiger partial charge < -0.3 is 15.5 Å². The molecule has 0 saturated carbocycles. The van der Waals surface area contributed by atoms with Crippen molar-refractivity contribution in [2.75, 3.05) is 24.5 Å². The Kier molecular flexibility index (Phi) is 5.78. The molecule has 0 aliphatic carbocycles. The van der Waals surface area contributed by atoms with Crippen molar-refractivity contribution < 1.29 is 18.0 Å². The van der Waals surface area contributed by atoms with E-state index in [0.717, 1.165) is 37.6 Å². The van der Waals surface area contributed by atoms with E-state index in [4.69, 9.17) is 0 Å². The van der Waals surface area contributed by atoms with Crippen molar-refractivity contribution in [3.8, 4) is 0 Å². The Morgan fingerprint density at radius 1 is 1.26 bits per heavy atom. The molecule has 1 aliphatic heterocycles. The number of nitrogens with zero attached hydrogens (tertiary/aromatic N) is 3. The van der Waals surface area contributed by atoms with Crippen molar-refractivity contribution in [3.05, 3.63) is 54.1 Å². The minimum Gasteiger partial charge on any atom is -0.339 e. The van der Waals surface area contributed by atoms with Crippen LogP contribution in [-0.4, -0.2) is 41.7 Å². The number of nitrogens with one attached hydrogen (secondary N) is 2. The number of hydrogen-bond acceptors (Lipinski definition) is 4. The molecule has 144 valence electrons. The zero-order valence-corrected chi connectivity index (χ0v) is 14.5. The molecule has 1 aliphatic rings. The Hall–Kier alpha value is -2.84. The average molecular weight is 379 g/mol. The van der Waals surface area contributed by atoms with Crippen LogP contribution in [0, 0.1) is 5.82 Å². The van der Waals surface area contributed by atoms with Gasteiger partial charge in [0, 0.05) is 37.1 Å². The Bertz CT molecular complexity index is 775. The van der Waals surface area contributed by atoms with Gasteiger partial charge in [0.2, 0.25) is 5.95 Å². The SMILES string of the molecule is O=C(NCC(F)(F)c1cccc(F)c1)NC1CCCN(c2ncccn2)C1. The molecule has 0 spiro atoms. The molecular weight excluding hydrogens is 359 g/mol. The summed E-state index contributed by atoms with van der Waals surface area (Å²) in [5.41, 5.74) is -0.479. The van der Waals surface area contributed by atoms with Gasteiger partial charge in [-0.25, -0.2) is 19.2 Å². The van der Waals surface area contributed by atoms with Crippen molar-refractivity contribution in [2.45, 2.75) is 24.8 Å². The maximum atomic E-state index is 14.1. The maximum Gasteiger partial charge on any atom is 0.315 e. The number of aromatic nitrogens is 2. The summed E-state index contributed by atoms with van der Waals surface area (Å²) in [6.07, 6.45) is 4.83. The standard InChI is InChI=1S/C18H20F3N5O/c19-14-5-1-4-13(10-14)18(20,21)12-24-17(27)25-15-6-2-9-26(11-15)16-22-7-3-8-23-16/h1,3-5,7-8,10,15H,2,6,9,11-12H2,(H2,24,25,27). The number of anilines is 1. The molecule has 1 fully saturated rings. The first-order chi connectivity index (χ1) is 12.9. The van der Waals surface area contributed by atoms with E-state index < -0.39 is 29.9 Å². The van der Waals surface area contributed by atoms with Crippen LogP contribution in [0.5, 0.6) is 0 Å². The highest BCUT2D eigenvalue weighted by atomic mass is 19.3. The van der Waals surface area contributed by atoms with E-state index in [1.165, 1.54) is 6.07 Å². The first-order valence-electron chi connectivity index (χ1n) is 8.64. The van der Waals surface area contributed by atoms with Gasteiger partial charge in [-0.05, 0) is 31.0 Å². The van der Waals surface area contributed by atoms with E-state index in [-0.39, 0.29) is 6.04 Å². The van der Waals surface area contributed by atoms with Crippen molar-refractivity contribution in [1.82, 2.24) is 20.6 Å². The number of carbonyl (C=O) groups excluding carboxylic acids is 1. The van der Waals surface area contributed by atoms with Crippen molar-refractivity contribution in [1.29, 1.82) is 0 Å². The minimum atomic E-state index is -3.37. The van der Waals surface area contributed by atoms with E-state index in [0.29, 0.717) is 12.5 Å². The monoisotopic (exact) mass is 379 g/mol. The number of alkyl halides is 2. The van der Waals surface area contributed by atoms with Gasteiger partial charge in [-0.15, -0.1) is 0 Å². The molecule has 2 heterocycles. The second-order valence-electron chi connectivity index (χ2n) is 6.38. The second kappa shape index (κ2) is 8.24. The highest BCUT2D eigenvalue weighted by Gasteiger charge is 2.33. The van der Waals surface area contributed by atoms with Crippen LogP contribution < -0.4 is 15.5 Å². The van der Waals surface area contributed by atoms with Crippen LogP contribution in [0.1, 0.15) is 18.4 Å². The van der Waals surface area contributed by atoms with Crippen LogP contribution in [0.2, 0.25) is 0 Å². The summed E-state index contributed by atoms with van der Waals surface area (Å²) in [6.45, 7) is 0.347. The lowest BCUT2D eigenvalue weighted by atomic mass is 10.1. The van der Waals surface area contributed by atoms with Gasteiger partial charge >= 0.3 is 6.03 Å². The third-order valence-corrected chi connectivity index (χ3v) is 4.31. The summed E-state index contributed by atoms with van der Waals surface area (Å²) in [4.78, 5) is 22.3. The molecule has 1 aromatic carbocycles. The predicted octanol–water partition coefficient (Wildman–Crippen LogP) is 2.68. The number of hydrogen-bond donors (Lipinski definition) is 2. The Morgan fingerprint density at radius 3 is 2.78 bits per heavy atom. The summed E-state index contributed by atoms with van der Waals surface area (Å²) in [5, 5.41) is 4.87. The first-order valence-corrected chi connectivity index (χ1v) is 8.64. The number of rotatable bonds is 5. The fourth-order valence-electron chi connectivity index (χ4n) is 2.98. The number of piperidine rings is 1. The quantitative estimate of drug-likeness (QED) is 0.838. The lowest BCUT2D eigenvalue weighted by Crippen LogP contribution is -2.52. The summed E-state index contributed by atoms with van der Waals surface area (Å²) in [6, 6.07) is 5.01. The molecule has 27 heavy (non-hydrogen) atoms. The zero-order chi connectivity index (χ0) is 19.3. The smallest absolute Gasteiger partial charge is 0.315 e. The third-order valence-electron chi connectivity index (χ3n) is 4.31. The number of benzene rings is 1. The number of amides is 2. The van der Waals surface area contributed by atoms with Crippen LogP contribution in [0.15, 0.2) is 42.7 Å². The Balaban J connectivity index is 1.51. The highest BCUT2D eigenvalue weighted by Crippen LogP contribution is 2.27. The van der Waals surface area contributed by atoms with E-state index >= 15 is 0 Å². The van der Waals surface area contributed by atoms with Crippen molar-refractivity contribution in [2.24, 2.45) is 0 Å². The summed E-state index contributed by atoms with van der Waals surface area (Å²) >= 11 is 0. The molecule has 1 unspecified atom stereocenters. The third kappa shape index (κ3) is 5.08. The predicted molar refractivity (Wildman–Crippen MR) is 94.1 cm³/mol. The normalized spacial score (nSPS) is 17.4. The Morgan fingerprint density at radius 2 is 2.04 bits per heavy atom. The molecule has 9 heteroatoms. The molecule has 1 aromatic heterocycles. The lowest BCUT2D eigenvalue weighted by Gasteiger charge is -2.33.